The minimum atomic E-state index is 0.707. The maximum absolute atomic E-state index is 5.66. The fourth-order valence-corrected chi connectivity index (χ4v) is 2.19. The number of hydrogen-bond donors (Lipinski definition) is 0. The molecule has 1 atom stereocenters. The highest BCUT2D eigenvalue weighted by atomic mass is 79.9. The fraction of sp³-hybridized carbons (Fsp3) is 0.538. The van der Waals surface area contributed by atoms with Crippen LogP contribution in [0.2, 0.25) is 0 Å². The highest BCUT2D eigenvalue weighted by Crippen LogP contribution is 2.18. The van der Waals surface area contributed by atoms with E-state index in [4.69, 9.17) is 9.47 Å². The molecule has 0 saturated heterocycles. The molecule has 0 fully saturated rings. The van der Waals surface area contributed by atoms with Crippen molar-refractivity contribution in [3.05, 3.63) is 24.3 Å². The van der Waals surface area contributed by atoms with E-state index in [2.05, 4.69) is 22.9 Å². The first-order valence-electron chi connectivity index (χ1n) is 5.63. The number of alkyl halides is 1. The number of halogens is 1. The van der Waals surface area contributed by atoms with Crippen LogP contribution in [-0.2, 0) is 0 Å². The van der Waals surface area contributed by atoms with Gasteiger partial charge in [-0.05, 0) is 36.6 Å². The van der Waals surface area contributed by atoms with E-state index in [-0.39, 0.29) is 0 Å². The van der Waals surface area contributed by atoms with Gasteiger partial charge in [0.15, 0.2) is 0 Å². The summed E-state index contributed by atoms with van der Waals surface area (Å²) in [7, 11) is 1.66. The second kappa shape index (κ2) is 7.55. The Hall–Kier alpha value is -0.700. The molecule has 3 heteroatoms. The lowest BCUT2D eigenvalue weighted by molar-refractivity contribution is 0.283. The topological polar surface area (TPSA) is 18.5 Å². The molecular weight excluding hydrogens is 268 g/mol. The van der Waals surface area contributed by atoms with Crippen molar-refractivity contribution < 1.29 is 9.47 Å². The van der Waals surface area contributed by atoms with E-state index in [0.717, 1.165) is 29.9 Å². The van der Waals surface area contributed by atoms with Gasteiger partial charge in [0.2, 0.25) is 0 Å². The molecule has 0 radical (unpaired) electrons. The Morgan fingerprint density at radius 1 is 1.19 bits per heavy atom. The van der Waals surface area contributed by atoms with Crippen molar-refractivity contribution in [2.45, 2.75) is 19.8 Å². The monoisotopic (exact) mass is 286 g/mol. The lowest BCUT2D eigenvalue weighted by Crippen LogP contribution is -2.07. The van der Waals surface area contributed by atoms with Gasteiger partial charge >= 0.3 is 0 Å². The number of rotatable bonds is 7. The Morgan fingerprint density at radius 3 is 2.31 bits per heavy atom. The van der Waals surface area contributed by atoms with Crippen LogP contribution in [0.1, 0.15) is 19.8 Å². The van der Waals surface area contributed by atoms with Crippen molar-refractivity contribution in [3.8, 4) is 11.5 Å². The summed E-state index contributed by atoms with van der Waals surface area (Å²) in [6.45, 7) is 2.98. The third-order valence-electron chi connectivity index (χ3n) is 2.65. The molecule has 0 aliphatic rings. The first-order chi connectivity index (χ1) is 7.80. The van der Waals surface area contributed by atoms with Crippen LogP contribution in [0.15, 0.2) is 24.3 Å². The number of ether oxygens (including phenoxy) is 2. The third kappa shape index (κ3) is 4.44. The molecule has 1 aromatic rings. The summed E-state index contributed by atoms with van der Waals surface area (Å²) in [4.78, 5) is 0. The molecular formula is C13H19BrO2. The van der Waals surface area contributed by atoms with Gasteiger partial charge in [-0.3, -0.25) is 0 Å². The summed E-state index contributed by atoms with van der Waals surface area (Å²) >= 11 is 3.51. The summed E-state index contributed by atoms with van der Waals surface area (Å²) in [6.07, 6.45) is 2.28. The molecule has 16 heavy (non-hydrogen) atoms. The van der Waals surface area contributed by atoms with Gasteiger partial charge in [-0.25, -0.2) is 0 Å². The maximum atomic E-state index is 5.66. The Labute approximate surface area is 106 Å². The lowest BCUT2D eigenvalue weighted by atomic mass is 10.1. The van der Waals surface area contributed by atoms with E-state index >= 15 is 0 Å². The lowest BCUT2D eigenvalue weighted by Gasteiger charge is -2.12. The Balaban J connectivity index is 2.31. The number of hydrogen-bond acceptors (Lipinski definition) is 2. The second-order valence-corrected chi connectivity index (χ2v) is 4.39. The van der Waals surface area contributed by atoms with Gasteiger partial charge in [-0.1, -0.05) is 29.3 Å². The predicted octanol–water partition coefficient (Wildman–Crippen LogP) is 3.89. The average molecular weight is 287 g/mol. The minimum Gasteiger partial charge on any atom is -0.497 e. The van der Waals surface area contributed by atoms with E-state index in [1.807, 2.05) is 24.3 Å². The normalized spacial score (nSPS) is 12.2. The number of benzene rings is 1. The van der Waals surface area contributed by atoms with Crippen LogP contribution >= 0.6 is 15.9 Å². The Bertz CT molecular complexity index is 280. The van der Waals surface area contributed by atoms with Gasteiger partial charge < -0.3 is 9.47 Å². The molecule has 1 aromatic carbocycles. The van der Waals surface area contributed by atoms with Gasteiger partial charge in [-0.2, -0.15) is 0 Å². The molecule has 0 spiro atoms. The average Bonchev–Trinajstić information content (AvgIpc) is 2.35. The molecule has 0 aliphatic carbocycles. The molecule has 1 rings (SSSR count). The molecule has 0 heterocycles. The molecule has 0 aliphatic heterocycles. The molecule has 0 bridgehead atoms. The van der Waals surface area contributed by atoms with Crippen LogP contribution < -0.4 is 9.47 Å². The van der Waals surface area contributed by atoms with E-state index in [9.17, 15) is 0 Å². The quantitative estimate of drug-likeness (QED) is 0.708. The van der Waals surface area contributed by atoms with Gasteiger partial charge in [0.25, 0.3) is 0 Å². The maximum Gasteiger partial charge on any atom is 0.119 e. The highest BCUT2D eigenvalue weighted by molar-refractivity contribution is 9.09. The van der Waals surface area contributed by atoms with Crippen molar-refractivity contribution in [2.75, 3.05) is 19.0 Å². The van der Waals surface area contributed by atoms with Crippen molar-refractivity contribution >= 4 is 15.9 Å². The smallest absolute Gasteiger partial charge is 0.119 e. The van der Waals surface area contributed by atoms with Crippen LogP contribution in [0.3, 0.4) is 0 Å². The zero-order chi connectivity index (χ0) is 11.8. The van der Waals surface area contributed by atoms with Crippen molar-refractivity contribution in [1.82, 2.24) is 0 Å². The zero-order valence-electron chi connectivity index (χ0n) is 9.91. The Kier molecular flexibility index (Phi) is 6.31. The van der Waals surface area contributed by atoms with Crippen LogP contribution in [0.25, 0.3) is 0 Å². The first-order valence-corrected chi connectivity index (χ1v) is 6.75. The molecule has 2 nitrogen and oxygen atoms in total. The van der Waals surface area contributed by atoms with E-state index in [1.54, 1.807) is 7.11 Å². The van der Waals surface area contributed by atoms with Gasteiger partial charge in [0.05, 0.1) is 13.7 Å². The van der Waals surface area contributed by atoms with Crippen LogP contribution in [-0.4, -0.2) is 19.0 Å². The summed E-state index contributed by atoms with van der Waals surface area (Å²) in [6, 6.07) is 7.70. The Morgan fingerprint density at radius 2 is 1.81 bits per heavy atom. The standard InChI is InChI=1S/C13H19BrO2/c1-3-11(10-14)8-9-16-13-6-4-12(15-2)5-7-13/h4-7,11H,3,8-10H2,1-2H3. The summed E-state index contributed by atoms with van der Waals surface area (Å²) < 4.78 is 10.7. The summed E-state index contributed by atoms with van der Waals surface area (Å²) in [5.41, 5.74) is 0. The van der Waals surface area contributed by atoms with Crippen molar-refractivity contribution in [3.63, 3.8) is 0 Å². The van der Waals surface area contributed by atoms with Gasteiger partial charge in [-0.15, -0.1) is 0 Å². The molecule has 1 unspecified atom stereocenters. The van der Waals surface area contributed by atoms with Crippen LogP contribution in [0.4, 0.5) is 0 Å². The first kappa shape index (κ1) is 13.4. The van der Waals surface area contributed by atoms with Crippen LogP contribution in [0, 0.1) is 5.92 Å². The van der Waals surface area contributed by atoms with Crippen LogP contribution in [0.5, 0.6) is 11.5 Å². The predicted molar refractivity (Wildman–Crippen MR) is 70.7 cm³/mol. The zero-order valence-corrected chi connectivity index (χ0v) is 11.5. The fourth-order valence-electron chi connectivity index (χ4n) is 1.41. The highest BCUT2D eigenvalue weighted by Gasteiger charge is 2.04. The van der Waals surface area contributed by atoms with Gasteiger partial charge in [0.1, 0.15) is 11.5 Å². The van der Waals surface area contributed by atoms with E-state index in [1.165, 1.54) is 6.42 Å². The number of methoxy groups -OCH3 is 1. The SMILES string of the molecule is CCC(CBr)CCOc1ccc(OC)cc1. The molecule has 0 amide bonds. The van der Waals surface area contributed by atoms with E-state index in [0.29, 0.717) is 5.92 Å². The van der Waals surface area contributed by atoms with Crippen molar-refractivity contribution in [1.29, 1.82) is 0 Å². The summed E-state index contributed by atoms with van der Waals surface area (Å²) in [5.74, 6) is 2.47. The minimum absolute atomic E-state index is 0.707. The van der Waals surface area contributed by atoms with Gasteiger partial charge in [0, 0.05) is 5.33 Å². The molecule has 0 aromatic heterocycles. The molecule has 0 saturated carbocycles. The van der Waals surface area contributed by atoms with Crippen molar-refractivity contribution in [2.24, 2.45) is 5.92 Å². The summed E-state index contributed by atoms with van der Waals surface area (Å²) in [5, 5.41) is 1.05. The third-order valence-corrected chi connectivity index (χ3v) is 3.57. The largest absolute Gasteiger partial charge is 0.497 e. The molecule has 90 valence electrons. The second-order valence-electron chi connectivity index (χ2n) is 3.74. The van der Waals surface area contributed by atoms with E-state index < -0.39 is 0 Å². The molecule has 0 N–H and O–H groups in total.